The van der Waals surface area contributed by atoms with Crippen molar-refractivity contribution in [3.63, 3.8) is 0 Å². The molecule has 2 aliphatic carbocycles. The molecule has 3 rings (SSSR count). The summed E-state index contributed by atoms with van der Waals surface area (Å²) in [5.74, 6) is 0.576. The van der Waals surface area contributed by atoms with Gasteiger partial charge in [0.2, 0.25) is 0 Å². The zero-order valence-electron chi connectivity index (χ0n) is 10.6. The number of fused-ring (bicyclic) bond motifs is 1. The summed E-state index contributed by atoms with van der Waals surface area (Å²) in [7, 11) is 0. The van der Waals surface area contributed by atoms with Crippen LogP contribution in [0.2, 0.25) is 5.02 Å². The number of aryl methyl sites for hydroxylation is 1. The van der Waals surface area contributed by atoms with E-state index in [2.05, 4.69) is 6.07 Å². The van der Waals surface area contributed by atoms with Crippen molar-refractivity contribution < 1.29 is 0 Å². The van der Waals surface area contributed by atoms with Crippen molar-refractivity contribution in [1.29, 1.82) is 0 Å². The fourth-order valence-electron chi connectivity index (χ4n) is 3.30. The van der Waals surface area contributed by atoms with Gasteiger partial charge in [-0.15, -0.1) is 11.6 Å². The van der Waals surface area contributed by atoms with Gasteiger partial charge in [-0.2, -0.15) is 0 Å². The average Bonchev–Trinajstić information content (AvgIpc) is 2.40. The van der Waals surface area contributed by atoms with E-state index in [-0.39, 0.29) is 5.38 Å². The lowest BCUT2D eigenvalue weighted by Gasteiger charge is -2.26. The normalized spacial score (nSPS) is 24.9. The number of hydrogen-bond donors (Lipinski definition) is 0. The van der Waals surface area contributed by atoms with E-state index in [0.717, 1.165) is 30.0 Å². The van der Waals surface area contributed by atoms with Crippen LogP contribution < -0.4 is 0 Å². The van der Waals surface area contributed by atoms with Crippen molar-refractivity contribution in [2.24, 2.45) is 0 Å². The lowest BCUT2D eigenvalue weighted by Crippen LogP contribution is -2.13. The molecule has 0 bridgehead atoms. The number of pyridine rings is 1. The molecular weight excluding hydrogens is 265 g/mol. The van der Waals surface area contributed by atoms with Crippen LogP contribution in [0.3, 0.4) is 0 Å². The summed E-state index contributed by atoms with van der Waals surface area (Å²) >= 11 is 12.8. The van der Waals surface area contributed by atoms with Gasteiger partial charge >= 0.3 is 0 Å². The highest BCUT2D eigenvalue weighted by Crippen LogP contribution is 2.40. The third-order valence-electron chi connectivity index (χ3n) is 4.32. The van der Waals surface area contributed by atoms with Crippen LogP contribution in [0, 0.1) is 0 Å². The summed E-state index contributed by atoms with van der Waals surface area (Å²) in [6.45, 7) is 0. The minimum atomic E-state index is 0.110. The molecule has 1 atom stereocenters. The van der Waals surface area contributed by atoms with E-state index >= 15 is 0 Å². The number of aromatic nitrogens is 1. The Morgan fingerprint density at radius 2 is 1.83 bits per heavy atom. The van der Waals surface area contributed by atoms with E-state index in [1.807, 2.05) is 0 Å². The topological polar surface area (TPSA) is 12.9 Å². The molecule has 0 amide bonds. The first-order valence-electron chi connectivity index (χ1n) is 7.09. The maximum Gasteiger partial charge on any atom is 0.0627 e. The first kappa shape index (κ1) is 12.7. The van der Waals surface area contributed by atoms with E-state index in [4.69, 9.17) is 28.2 Å². The van der Waals surface area contributed by atoms with Gasteiger partial charge in [0.05, 0.1) is 16.1 Å². The Balaban J connectivity index is 1.95. The summed E-state index contributed by atoms with van der Waals surface area (Å²) < 4.78 is 0. The van der Waals surface area contributed by atoms with Gasteiger partial charge in [-0.3, -0.25) is 4.98 Å². The Bertz CT molecular complexity index is 438. The Morgan fingerprint density at radius 3 is 2.61 bits per heavy atom. The summed E-state index contributed by atoms with van der Waals surface area (Å²) in [4.78, 5) is 4.87. The monoisotopic (exact) mass is 283 g/mol. The Morgan fingerprint density at radius 1 is 1.06 bits per heavy atom. The van der Waals surface area contributed by atoms with Crippen LogP contribution in [0.4, 0.5) is 0 Å². The highest BCUT2D eigenvalue weighted by molar-refractivity contribution is 6.31. The molecule has 1 aromatic heterocycles. The molecule has 1 aromatic rings. The van der Waals surface area contributed by atoms with Gasteiger partial charge in [0.1, 0.15) is 0 Å². The van der Waals surface area contributed by atoms with Crippen LogP contribution in [0.5, 0.6) is 0 Å². The molecular formula is C15H19Cl2N. The quantitative estimate of drug-likeness (QED) is 0.629. The fourth-order valence-corrected chi connectivity index (χ4v) is 3.95. The number of hydrogen-bond acceptors (Lipinski definition) is 1. The maximum absolute atomic E-state index is 6.44. The molecule has 1 heterocycles. The lowest BCUT2D eigenvalue weighted by molar-refractivity contribution is 0.435. The zero-order valence-corrected chi connectivity index (χ0v) is 12.1. The third-order valence-corrected chi connectivity index (χ3v) is 5.07. The summed E-state index contributed by atoms with van der Waals surface area (Å²) in [5.41, 5.74) is 3.51. The minimum Gasteiger partial charge on any atom is -0.256 e. The average molecular weight is 284 g/mol. The molecule has 18 heavy (non-hydrogen) atoms. The van der Waals surface area contributed by atoms with E-state index in [1.165, 1.54) is 43.4 Å². The van der Waals surface area contributed by atoms with Gasteiger partial charge in [0.15, 0.2) is 0 Å². The number of nitrogens with zero attached hydrogens (tertiary/aromatic N) is 1. The van der Waals surface area contributed by atoms with Crippen molar-refractivity contribution in [2.75, 3.05) is 0 Å². The molecule has 0 aromatic carbocycles. The van der Waals surface area contributed by atoms with Gasteiger partial charge in [0, 0.05) is 11.6 Å². The van der Waals surface area contributed by atoms with Crippen molar-refractivity contribution in [1.82, 2.24) is 4.98 Å². The van der Waals surface area contributed by atoms with Crippen LogP contribution in [0.25, 0.3) is 0 Å². The van der Waals surface area contributed by atoms with Crippen LogP contribution in [0.15, 0.2) is 6.07 Å². The molecule has 0 aliphatic heterocycles. The number of halogens is 2. The molecule has 2 aliphatic rings. The van der Waals surface area contributed by atoms with Gasteiger partial charge < -0.3 is 0 Å². The SMILES string of the molecule is Clc1cc2c(nc1C1CCCCC1)CCCC2Cl. The minimum absolute atomic E-state index is 0.110. The maximum atomic E-state index is 6.44. The first-order valence-corrected chi connectivity index (χ1v) is 7.90. The molecule has 0 spiro atoms. The van der Waals surface area contributed by atoms with Crippen molar-refractivity contribution in [3.05, 3.63) is 28.0 Å². The van der Waals surface area contributed by atoms with Crippen molar-refractivity contribution in [2.45, 2.75) is 62.7 Å². The Hall–Kier alpha value is -0.270. The second-order valence-electron chi connectivity index (χ2n) is 5.59. The van der Waals surface area contributed by atoms with Gasteiger partial charge in [-0.1, -0.05) is 30.9 Å². The zero-order chi connectivity index (χ0) is 12.5. The molecule has 3 heteroatoms. The first-order chi connectivity index (χ1) is 8.75. The number of rotatable bonds is 1. The Kier molecular flexibility index (Phi) is 3.81. The predicted molar refractivity (Wildman–Crippen MR) is 76.6 cm³/mol. The highest BCUT2D eigenvalue weighted by atomic mass is 35.5. The second kappa shape index (κ2) is 5.38. The molecule has 0 N–H and O–H groups in total. The summed E-state index contributed by atoms with van der Waals surface area (Å²) in [5, 5.41) is 0.951. The molecule has 0 saturated heterocycles. The molecule has 0 radical (unpaired) electrons. The summed E-state index contributed by atoms with van der Waals surface area (Å²) in [6.07, 6.45) is 9.76. The molecule has 1 saturated carbocycles. The summed E-state index contributed by atoms with van der Waals surface area (Å²) in [6, 6.07) is 2.09. The Labute approximate surface area is 119 Å². The predicted octanol–water partition coefficient (Wildman–Crippen LogP) is 5.40. The molecule has 1 fully saturated rings. The molecule has 1 unspecified atom stereocenters. The largest absolute Gasteiger partial charge is 0.256 e. The fraction of sp³-hybridized carbons (Fsp3) is 0.667. The van der Waals surface area contributed by atoms with E-state index < -0.39 is 0 Å². The van der Waals surface area contributed by atoms with Crippen LogP contribution >= 0.6 is 23.2 Å². The van der Waals surface area contributed by atoms with Gasteiger partial charge in [0.25, 0.3) is 0 Å². The smallest absolute Gasteiger partial charge is 0.0627 e. The van der Waals surface area contributed by atoms with E-state index in [9.17, 15) is 0 Å². The highest BCUT2D eigenvalue weighted by Gasteiger charge is 2.25. The lowest BCUT2D eigenvalue weighted by atomic mass is 9.85. The van der Waals surface area contributed by atoms with Crippen molar-refractivity contribution in [3.8, 4) is 0 Å². The molecule has 98 valence electrons. The third kappa shape index (κ3) is 2.40. The van der Waals surface area contributed by atoms with Gasteiger partial charge in [-0.05, 0) is 43.7 Å². The van der Waals surface area contributed by atoms with Gasteiger partial charge in [-0.25, -0.2) is 0 Å². The van der Waals surface area contributed by atoms with Crippen LogP contribution in [-0.2, 0) is 6.42 Å². The molecule has 1 nitrogen and oxygen atoms in total. The van der Waals surface area contributed by atoms with E-state index in [1.54, 1.807) is 0 Å². The van der Waals surface area contributed by atoms with Crippen molar-refractivity contribution >= 4 is 23.2 Å². The van der Waals surface area contributed by atoms with Crippen LogP contribution in [-0.4, -0.2) is 4.98 Å². The second-order valence-corrected chi connectivity index (χ2v) is 6.52. The number of alkyl halides is 1. The van der Waals surface area contributed by atoms with E-state index in [0.29, 0.717) is 5.92 Å². The standard InChI is InChI=1S/C15H19Cl2N/c16-12-7-4-8-14-11(12)9-13(17)15(18-14)10-5-2-1-3-6-10/h9-10,12H,1-8H2. The van der Waals surface area contributed by atoms with Crippen LogP contribution in [0.1, 0.15) is 73.2 Å².